The Bertz CT molecular complexity index is 444. The summed E-state index contributed by atoms with van der Waals surface area (Å²) in [4.78, 5) is 19.6. The first kappa shape index (κ1) is 19.1. The topological polar surface area (TPSA) is 47.0 Å². The first-order valence-electron chi connectivity index (χ1n) is 10.4. The van der Waals surface area contributed by atoms with Gasteiger partial charge in [0.2, 0.25) is 0 Å². The highest BCUT2D eigenvalue weighted by Gasteiger charge is 2.44. The van der Waals surface area contributed by atoms with Crippen LogP contribution in [0.3, 0.4) is 0 Å². The molecule has 144 valence electrons. The third kappa shape index (κ3) is 4.75. The van der Waals surface area contributed by atoms with Crippen LogP contribution >= 0.6 is 0 Å². The lowest BCUT2D eigenvalue weighted by atomic mass is 9.86. The van der Waals surface area contributed by atoms with Gasteiger partial charge in [-0.05, 0) is 71.6 Å². The summed E-state index contributed by atoms with van der Waals surface area (Å²) in [6.45, 7) is 4.39. The maximum absolute atomic E-state index is 13.0. The predicted molar refractivity (Wildman–Crippen MR) is 100 cm³/mol. The summed E-state index contributed by atoms with van der Waals surface area (Å²) in [6, 6.07) is 0.488. The predicted octanol–water partition coefficient (Wildman–Crippen LogP) is 1.95. The number of carbonyl (C=O) groups is 1. The van der Waals surface area contributed by atoms with Gasteiger partial charge in [-0.15, -0.1) is 0 Å². The van der Waals surface area contributed by atoms with Gasteiger partial charge in [-0.3, -0.25) is 9.69 Å². The van der Waals surface area contributed by atoms with Gasteiger partial charge >= 0.3 is 0 Å². The molecule has 5 heteroatoms. The van der Waals surface area contributed by atoms with Gasteiger partial charge in [0.1, 0.15) is 0 Å². The number of aliphatic hydroxyl groups is 1. The maximum atomic E-state index is 13.0. The minimum absolute atomic E-state index is 0.0101. The molecule has 0 aromatic heterocycles. The van der Waals surface area contributed by atoms with E-state index in [1.807, 2.05) is 4.90 Å². The van der Waals surface area contributed by atoms with Gasteiger partial charge in [0, 0.05) is 25.7 Å². The van der Waals surface area contributed by atoms with Crippen molar-refractivity contribution in [1.82, 2.24) is 14.7 Å². The smallest absolute Gasteiger partial charge is 0.255 e. The minimum atomic E-state index is -1.18. The Kier molecular flexibility index (Phi) is 6.39. The van der Waals surface area contributed by atoms with Crippen molar-refractivity contribution in [1.29, 1.82) is 0 Å². The van der Waals surface area contributed by atoms with Crippen LogP contribution in [0.4, 0.5) is 0 Å². The van der Waals surface area contributed by atoms with E-state index in [1.54, 1.807) is 0 Å². The van der Waals surface area contributed by atoms with Crippen molar-refractivity contribution >= 4 is 5.91 Å². The monoisotopic (exact) mass is 351 g/mol. The van der Waals surface area contributed by atoms with Gasteiger partial charge in [-0.1, -0.05) is 19.3 Å². The number of likely N-dealkylation sites (N-methyl/N-ethyl adjacent to an activating group) is 1. The summed E-state index contributed by atoms with van der Waals surface area (Å²) in [5.41, 5.74) is -1.18. The van der Waals surface area contributed by atoms with Crippen LogP contribution in [0, 0.1) is 5.92 Å². The number of piperidine rings is 2. The van der Waals surface area contributed by atoms with E-state index in [4.69, 9.17) is 0 Å². The standard InChI is InChI=1S/C20H37N3O2/c1-21-13-9-18(10-14-21)22(2)16-20(25)11-6-12-23(19(20)24)15-17-7-4-3-5-8-17/h17-18,25H,3-16H2,1-2H3/t20-/m0/s1. The Balaban J connectivity index is 1.56. The molecule has 2 heterocycles. The van der Waals surface area contributed by atoms with Crippen LogP contribution in [0.25, 0.3) is 0 Å². The molecule has 0 bridgehead atoms. The molecule has 0 spiro atoms. The zero-order valence-electron chi connectivity index (χ0n) is 16.3. The third-order valence-corrected chi connectivity index (χ3v) is 6.73. The highest BCUT2D eigenvalue weighted by Crippen LogP contribution is 2.29. The molecule has 2 aliphatic heterocycles. The van der Waals surface area contributed by atoms with Gasteiger partial charge < -0.3 is 14.9 Å². The zero-order valence-corrected chi connectivity index (χ0v) is 16.3. The fraction of sp³-hybridized carbons (Fsp3) is 0.950. The summed E-state index contributed by atoms with van der Waals surface area (Å²) < 4.78 is 0. The molecule has 3 aliphatic rings. The lowest BCUT2D eigenvalue weighted by Crippen LogP contribution is -2.60. The molecule has 1 saturated carbocycles. The zero-order chi connectivity index (χ0) is 17.9. The molecule has 0 unspecified atom stereocenters. The Morgan fingerprint density at radius 2 is 1.76 bits per heavy atom. The second-order valence-corrected chi connectivity index (χ2v) is 8.84. The Morgan fingerprint density at radius 1 is 1.08 bits per heavy atom. The number of nitrogens with zero attached hydrogens (tertiary/aromatic N) is 3. The number of hydrogen-bond donors (Lipinski definition) is 1. The molecule has 1 amide bonds. The number of amides is 1. The second kappa shape index (κ2) is 8.36. The van der Waals surface area contributed by atoms with Crippen molar-refractivity contribution in [2.24, 2.45) is 5.92 Å². The molecule has 25 heavy (non-hydrogen) atoms. The molecule has 0 aromatic rings. The van der Waals surface area contributed by atoms with Crippen molar-refractivity contribution in [2.45, 2.75) is 69.4 Å². The van der Waals surface area contributed by atoms with Crippen molar-refractivity contribution < 1.29 is 9.90 Å². The molecule has 5 nitrogen and oxygen atoms in total. The van der Waals surface area contributed by atoms with Crippen LogP contribution in [0.5, 0.6) is 0 Å². The van der Waals surface area contributed by atoms with Crippen LogP contribution in [0.1, 0.15) is 57.8 Å². The Hall–Kier alpha value is -0.650. The lowest BCUT2D eigenvalue weighted by molar-refractivity contribution is -0.161. The van der Waals surface area contributed by atoms with Gasteiger partial charge in [0.05, 0.1) is 0 Å². The second-order valence-electron chi connectivity index (χ2n) is 8.84. The summed E-state index contributed by atoms with van der Waals surface area (Å²) >= 11 is 0. The van der Waals surface area contributed by atoms with Crippen molar-refractivity contribution in [3.8, 4) is 0 Å². The van der Waals surface area contributed by atoms with Gasteiger partial charge in [-0.25, -0.2) is 0 Å². The van der Waals surface area contributed by atoms with E-state index in [0.29, 0.717) is 24.9 Å². The third-order valence-electron chi connectivity index (χ3n) is 6.73. The van der Waals surface area contributed by atoms with E-state index in [-0.39, 0.29) is 5.91 Å². The molecule has 1 atom stereocenters. The van der Waals surface area contributed by atoms with Crippen LogP contribution in [-0.4, -0.2) is 84.2 Å². The molecule has 1 N–H and O–H groups in total. The largest absolute Gasteiger partial charge is 0.379 e. The number of likely N-dealkylation sites (tertiary alicyclic amines) is 2. The molecular formula is C20H37N3O2. The summed E-state index contributed by atoms with van der Waals surface area (Å²) in [7, 11) is 4.25. The molecule has 0 radical (unpaired) electrons. The molecule has 3 fully saturated rings. The number of rotatable bonds is 5. The van der Waals surface area contributed by atoms with Crippen molar-refractivity contribution in [3.05, 3.63) is 0 Å². The van der Waals surface area contributed by atoms with Crippen molar-refractivity contribution in [2.75, 3.05) is 46.8 Å². The minimum Gasteiger partial charge on any atom is -0.379 e. The number of hydrogen-bond acceptors (Lipinski definition) is 4. The fourth-order valence-electron chi connectivity index (χ4n) is 5.04. The molecular weight excluding hydrogens is 314 g/mol. The van der Waals surface area contributed by atoms with E-state index in [2.05, 4.69) is 23.9 Å². The van der Waals surface area contributed by atoms with E-state index < -0.39 is 5.60 Å². The quantitative estimate of drug-likeness (QED) is 0.822. The summed E-state index contributed by atoms with van der Waals surface area (Å²) in [5, 5.41) is 11.1. The first-order valence-corrected chi connectivity index (χ1v) is 10.4. The van der Waals surface area contributed by atoms with Gasteiger partial charge in [0.15, 0.2) is 5.60 Å². The van der Waals surface area contributed by atoms with Gasteiger partial charge in [-0.2, -0.15) is 0 Å². The normalized spacial score (nSPS) is 31.0. The maximum Gasteiger partial charge on any atom is 0.255 e. The van der Waals surface area contributed by atoms with Crippen LogP contribution in [0.15, 0.2) is 0 Å². The fourth-order valence-corrected chi connectivity index (χ4v) is 5.04. The average Bonchev–Trinajstić information content (AvgIpc) is 2.60. The molecule has 2 saturated heterocycles. The number of carbonyl (C=O) groups excluding carboxylic acids is 1. The highest BCUT2D eigenvalue weighted by atomic mass is 16.3. The SMILES string of the molecule is CN1CCC(N(C)C[C@@]2(O)CCCN(CC3CCCCC3)C2=O)CC1. The van der Waals surface area contributed by atoms with Crippen LogP contribution < -0.4 is 0 Å². The highest BCUT2D eigenvalue weighted by molar-refractivity contribution is 5.86. The lowest BCUT2D eigenvalue weighted by Gasteiger charge is -2.44. The average molecular weight is 352 g/mol. The summed E-state index contributed by atoms with van der Waals surface area (Å²) in [6.07, 6.45) is 10.2. The molecule has 1 aliphatic carbocycles. The summed E-state index contributed by atoms with van der Waals surface area (Å²) in [5.74, 6) is 0.635. The van der Waals surface area contributed by atoms with E-state index in [9.17, 15) is 9.90 Å². The Morgan fingerprint density at radius 3 is 2.44 bits per heavy atom. The van der Waals surface area contributed by atoms with Crippen molar-refractivity contribution in [3.63, 3.8) is 0 Å². The van der Waals surface area contributed by atoms with Gasteiger partial charge in [0.25, 0.3) is 5.91 Å². The molecule has 0 aromatic carbocycles. The van der Waals surface area contributed by atoms with Crippen LogP contribution in [-0.2, 0) is 4.79 Å². The first-order chi connectivity index (χ1) is 12.0. The Labute approximate surface area is 153 Å². The van der Waals surface area contributed by atoms with E-state index >= 15 is 0 Å². The van der Waals surface area contributed by atoms with Crippen LogP contribution in [0.2, 0.25) is 0 Å². The molecule has 3 rings (SSSR count). The van der Waals surface area contributed by atoms with E-state index in [1.165, 1.54) is 32.1 Å². The van der Waals surface area contributed by atoms with E-state index in [0.717, 1.165) is 45.4 Å².